The predicted octanol–water partition coefficient (Wildman–Crippen LogP) is 4.46. The smallest absolute Gasteiger partial charge is 0.00921 e. The van der Waals surface area contributed by atoms with E-state index in [0.29, 0.717) is 5.92 Å². The Hall–Kier alpha value is -1.08. The minimum Gasteiger partial charge on any atom is -0.145 e. The second kappa shape index (κ2) is 4.63. The third-order valence-corrected chi connectivity index (χ3v) is 3.86. The zero-order chi connectivity index (χ0) is 10.7. The molecule has 0 nitrogen and oxygen atoms in total. The maximum atomic E-state index is 2.26. The van der Waals surface area contributed by atoms with Crippen molar-refractivity contribution in [2.24, 2.45) is 0 Å². The number of hydrogen-bond donors (Lipinski definition) is 0. The fraction of sp³-hybridized carbons (Fsp3) is 0.286. The quantitative estimate of drug-likeness (QED) is 0.710. The maximum absolute atomic E-state index is 2.26. The van der Waals surface area contributed by atoms with Crippen LogP contribution in [0.4, 0.5) is 0 Å². The van der Waals surface area contributed by atoms with Crippen molar-refractivity contribution >= 4 is 11.3 Å². The summed E-state index contributed by atoms with van der Waals surface area (Å²) in [6, 6.07) is 15.2. The fourth-order valence-electron chi connectivity index (χ4n) is 1.60. The highest BCUT2D eigenvalue weighted by atomic mass is 32.1. The largest absolute Gasteiger partial charge is 0.145 e. The lowest BCUT2D eigenvalue weighted by atomic mass is 10.1. The molecule has 2 aromatic rings. The molecule has 0 bridgehead atoms. The predicted molar refractivity (Wildman–Crippen MR) is 67.7 cm³/mol. The molecule has 0 radical (unpaired) electrons. The Morgan fingerprint density at radius 3 is 2.33 bits per heavy atom. The summed E-state index contributed by atoms with van der Waals surface area (Å²) in [5, 5.41) is 0. The van der Waals surface area contributed by atoms with Crippen molar-refractivity contribution < 1.29 is 0 Å². The molecule has 1 heterocycles. The summed E-state index contributed by atoms with van der Waals surface area (Å²) in [4.78, 5) is 2.95. The summed E-state index contributed by atoms with van der Waals surface area (Å²) >= 11 is 1.94. The van der Waals surface area contributed by atoms with Gasteiger partial charge in [-0.1, -0.05) is 44.2 Å². The van der Waals surface area contributed by atoms with Gasteiger partial charge < -0.3 is 0 Å². The van der Waals surface area contributed by atoms with Gasteiger partial charge in [0.15, 0.2) is 0 Å². The van der Waals surface area contributed by atoms with E-state index in [1.54, 1.807) is 0 Å². The molecule has 78 valence electrons. The fourth-order valence-corrected chi connectivity index (χ4v) is 2.65. The van der Waals surface area contributed by atoms with Gasteiger partial charge in [-0.2, -0.15) is 0 Å². The van der Waals surface area contributed by atoms with E-state index in [9.17, 15) is 0 Å². The van der Waals surface area contributed by atoms with Gasteiger partial charge in [0.2, 0.25) is 0 Å². The number of thiophene rings is 1. The van der Waals surface area contributed by atoms with E-state index >= 15 is 0 Å². The van der Waals surface area contributed by atoms with Crippen LogP contribution in [0.5, 0.6) is 0 Å². The van der Waals surface area contributed by atoms with Gasteiger partial charge in [0.05, 0.1) is 0 Å². The maximum Gasteiger partial charge on any atom is 0.00921 e. The number of benzene rings is 1. The number of hydrogen-bond acceptors (Lipinski definition) is 1. The van der Waals surface area contributed by atoms with E-state index in [-0.39, 0.29) is 0 Å². The van der Waals surface area contributed by atoms with E-state index < -0.39 is 0 Å². The van der Waals surface area contributed by atoms with Gasteiger partial charge in [-0.05, 0) is 23.6 Å². The molecular formula is C14H16S. The standard InChI is InChI=1S/C14H16S/c1-11(2)14-9-8-13(15-14)10-12-6-4-3-5-7-12/h3-9,11H,10H2,1-2H3. The normalized spacial score (nSPS) is 10.9. The van der Waals surface area contributed by atoms with Crippen molar-refractivity contribution in [3.8, 4) is 0 Å². The zero-order valence-electron chi connectivity index (χ0n) is 9.23. The summed E-state index contributed by atoms with van der Waals surface area (Å²) < 4.78 is 0. The van der Waals surface area contributed by atoms with Gasteiger partial charge >= 0.3 is 0 Å². The lowest BCUT2D eigenvalue weighted by Gasteiger charge is -1.99. The first kappa shape index (κ1) is 10.4. The van der Waals surface area contributed by atoms with E-state index in [1.807, 2.05) is 11.3 Å². The topological polar surface area (TPSA) is 0 Å². The molecule has 0 saturated heterocycles. The molecule has 0 fully saturated rings. The van der Waals surface area contributed by atoms with Crippen LogP contribution in [0.2, 0.25) is 0 Å². The van der Waals surface area contributed by atoms with Crippen LogP contribution in [-0.4, -0.2) is 0 Å². The molecule has 1 heteroatoms. The molecule has 0 atom stereocenters. The van der Waals surface area contributed by atoms with Crippen LogP contribution in [0, 0.1) is 0 Å². The Morgan fingerprint density at radius 1 is 1.00 bits per heavy atom. The third-order valence-electron chi connectivity index (χ3n) is 2.47. The van der Waals surface area contributed by atoms with Gasteiger partial charge in [-0.3, -0.25) is 0 Å². The SMILES string of the molecule is CC(C)c1ccc(Cc2ccccc2)s1. The molecule has 0 unspecified atom stereocenters. The third kappa shape index (κ3) is 2.69. The Balaban J connectivity index is 2.12. The Kier molecular flexibility index (Phi) is 3.22. The molecular weight excluding hydrogens is 200 g/mol. The molecule has 1 aromatic heterocycles. The molecule has 1 aromatic carbocycles. The van der Waals surface area contributed by atoms with Crippen molar-refractivity contribution in [1.29, 1.82) is 0 Å². The monoisotopic (exact) mass is 216 g/mol. The summed E-state index contributed by atoms with van der Waals surface area (Å²) in [7, 11) is 0. The summed E-state index contributed by atoms with van der Waals surface area (Å²) in [6.45, 7) is 4.50. The molecule has 15 heavy (non-hydrogen) atoms. The van der Waals surface area contributed by atoms with Crippen LogP contribution in [0.15, 0.2) is 42.5 Å². The molecule has 0 aliphatic carbocycles. The van der Waals surface area contributed by atoms with Crippen molar-refractivity contribution in [2.75, 3.05) is 0 Å². The average Bonchev–Trinajstić information content (AvgIpc) is 2.68. The van der Waals surface area contributed by atoms with Gasteiger partial charge in [-0.15, -0.1) is 11.3 Å². The van der Waals surface area contributed by atoms with E-state index in [0.717, 1.165) is 6.42 Å². The second-order valence-electron chi connectivity index (χ2n) is 4.12. The molecule has 0 aliphatic heterocycles. The summed E-state index contributed by atoms with van der Waals surface area (Å²) in [5.41, 5.74) is 1.40. The molecule has 0 N–H and O–H groups in total. The van der Waals surface area contributed by atoms with Crippen LogP contribution < -0.4 is 0 Å². The zero-order valence-corrected chi connectivity index (χ0v) is 10.1. The molecule has 2 rings (SSSR count). The lowest BCUT2D eigenvalue weighted by Crippen LogP contribution is -1.82. The highest BCUT2D eigenvalue weighted by Gasteiger charge is 2.04. The van der Waals surface area contributed by atoms with Gasteiger partial charge in [0, 0.05) is 16.2 Å². The van der Waals surface area contributed by atoms with Crippen LogP contribution in [-0.2, 0) is 6.42 Å². The summed E-state index contributed by atoms with van der Waals surface area (Å²) in [6.07, 6.45) is 1.07. The van der Waals surface area contributed by atoms with E-state index in [2.05, 4.69) is 56.3 Å². The Labute approximate surface area is 95.6 Å². The first-order valence-electron chi connectivity index (χ1n) is 5.38. The molecule has 0 spiro atoms. The average molecular weight is 216 g/mol. The van der Waals surface area contributed by atoms with Crippen molar-refractivity contribution in [3.05, 3.63) is 57.8 Å². The lowest BCUT2D eigenvalue weighted by molar-refractivity contribution is 0.890. The molecule has 0 aliphatic rings. The molecule has 0 saturated carbocycles. The Morgan fingerprint density at radius 2 is 1.73 bits per heavy atom. The van der Waals surface area contributed by atoms with Gasteiger partial charge in [-0.25, -0.2) is 0 Å². The van der Waals surface area contributed by atoms with Crippen LogP contribution in [0.1, 0.15) is 35.1 Å². The first-order chi connectivity index (χ1) is 7.25. The molecule has 0 amide bonds. The van der Waals surface area contributed by atoms with Crippen molar-refractivity contribution in [2.45, 2.75) is 26.2 Å². The summed E-state index contributed by atoms with van der Waals surface area (Å²) in [5.74, 6) is 0.652. The van der Waals surface area contributed by atoms with Crippen LogP contribution in [0.3, 0.4) is 0 Å². The van der Waals surface area contributed by atoms with Crippen LogP contribution in [0.25, 0.3) is 0 Å². The van der Waals surface area contributed by atoms with Crippen molar-refractivity contribution in [3.63, 3.8) is 0 Å². The first-order valence-corrected chi connectivity index (χ1v) is 6.20. The minimum atomic E-state index is 0.652. The second-order valence-corrected chi connectivity index (χ2v) is 5.32. The van der Waals surface area contributed by atoms with Crippen molar-refractivity contribution in [1.82, 2.24) is 0 Å². The number of rotatable bonds is 3. The highest BCUT2D eigenvalue weighted by Crippen LogP contribution is 2.25. The minimum absolute atomic E-state index is 0.652. The van der Waals surface area contributed by atoms with Gasteiger partial charge in [0.1, 0.15) is 0 Å². The van der Waals surface area contributed by atoms with E-state index in [4.69, 9.17) is 0 Å². The van der Waals surface area contributed by atoms with Crippen LogP contribution >= 0.6 is 11.3 Å². The van der Waals surface area contributed by atoms with Gasteiger partial charge in [0.25, 0.3) is 0 Å². The van der Waals surface area contributed by atoms with E-state index in [1.165, 1.54) is 15.3 Å². The Bertz CT molecular complexity index is 412. The highest BCUT2D eigenvalue weighted by molar-refractivity contribution is 7.12.